The smallest absolute Gasteiger partial charge is 0.339 e. The molecular formula is C22H27FN4O2. The summed E-state index contributed by atoms with van der Waals surface area (Å²) < 4.78 is 17.9. The molecule has 0 saturated carbocycles. The molecule has 7 heteroatoms. The maximum Gasteiger partial charge on any atom is 0.339 e. The van der Waals surface area contributed by atoms with E-state index >= 15 is 0 Å². The van der Waals surface area contributed by atoms with Crippen molar-refractivity contribution in [2.45, 2.75) is 13.0 Å². The molecular weight excluding hydrogens is 371 g/mol. The highest BCUT2D eigenvalue weighted by molar-refractivity contribution is 5.89. The summed E-state index contributed by atoms with van der Waals surface area (Å²) in [5.41, 5.74) is 7.63. The minimum absolute atomic E-state index is 0.0893. The van der Waals surface area contributed by atoms with Crippen LogP contribution in [0.2, 0.25) is 0 Å². The van der Waals surface area contributed by atoms with Crippen LogP contribution in [0.1, 0.15) is 22.8 Å². The molecule has 1 atom stereocenters. The lowest BCUT2D eigenvalue weighted by Crippen LogP contribution is -2.49. The third kappa shape index (κ3) is 6.10. The number of nitrogens with two attached hydrogens (primary N) is 1. The van der Waals surface area contributed by atoms with Crippen LogP contribution in [-0.2, 0) is 4.74 Å². The summed E-state index contributed by atoms with van der Waals surface area (Å²) in [6.07, 6.45) is 5.44. The number of esters is 1. The standard InChI is InChI=1S/C22H27FN4O2/c1-2-29-22(28)18-6-10-21(25-15-18)27-13-11-26(12-14-27)16-20(24)9-5-17-3-7-19(23)8-4-17/h3-10,15,20H,2,11-14,16,24H2,1H3. The van der Waals surface area contributed by atoms with Crippen molar-refractivity contribution in [2.24, 2.45) is 5.73 Å². The first-order valence-corrected chi connectivity index (χ1v) is 9.85. The van der Waals surface area contributed by atoms with E-state index in [1.54, 1.807) is 31.3 Å². The Morgan fingerprint density at radius 1 is 1.21 bits per heavy atom. The number of rotatable bonds is 7. The van der Waals surface area contributed by atoms with Crippen molar-refractivity contribution in [3.05, 3.63) is 65.6 Å². The first-order chi connectivity index (χ1) is 14.0. The van der Waals surface area contributed by atoms with E-state index in [1.807, 2.05) is 18.2 Å². The minimum atomic E-state index is -0.348. The van der Waals surface area contributed by atoms with E-state index in [0.29, 0.717) is 12.2 Å². The van der Waals surface area contributed by atoms with Gasteiger partial charge in [0.25, 0.3) is 0 Å². The van der Waals surface area contributed by atoms with Crippen molar-refractivity contribution >= 4 is 17.9 Å². The van der Waals surface area contributed by atoms with E-state index in [1.165, 1.54) is 12.1 Å². The van der Waals surface area contributed by atoms with Crippen LogP contribution in [0.15, 0.2) is 48.7 Å². The molecule has 1 unspecified atom stereocenters. The van der Waals surface area contributed by atoms with Crippen LogP contribution in [0.5, 0.6) is 0 Å². The third-order valence-electron chi connectivity index (χ3n) is 4.83. The molecule has 0 aliphatic carbocycles. The highest BCUT2D eigenvalue weighted by atomic mass is 19.1. The van der Waals surface area contributed by atoms with Gasteiger partial charge >= 0.3 is 5.97 Å². The number of pyridine rings is 1. The molecule has 1 aromatic heterocycles. The molecule has 29 heavy (non-hydrogen) atoms. The van der Waals surface area contributed by atoms with Gasteiger partial charge in [-0.15, -0.1) is 0 Å². The summed E-state index contributed by atoms with van der Waals surface area (Å²) >= 11 is 0. The van der Waals surface area contributed by atoms with Crippen molar-refractivity contribution in [3.63, 3.8) is 0 Å². The Hall–Kier alpha value is -2.77. The highest BCUT2D eigenvalue weighted by Gasteiger charge is 2.19. The lowest BCUT2D eigenvalue weighted by molar-refractivity contribution is 0.0526. The van der Waals surface area contributed by atoms with Gasteiger partial charge < -0.3 is 15.4 Å². The van der Waals surface area contributed by atoms with Crippen molar-refractivity contribution in [3.8, 4) is 0 Å². The number of anilines is 1. The maximum absolute atomic E-state index is 13.0. The zero-order chi connectivity index (χ0) is 20.6. The van der Waals surface area contributed by atoms with Crippen LogP contribution in [-0.4, -0.2) is 61.2 Å². The van der Waals surface area contributed by atoms with Gasteiger partial charge in [0.05, 0.1) is 12.2 Å². The molecule has 1 saturated heterocycles. The summed E-state index contributed by atoms with van der Waals surface area (Å²) in [5.74, 6) is 0.270. The fourth-order valence-corrected chi connectivity index (χ4v) is 3.24. The predicted octanol–water partition coefficient (Wildman–Crippen LogP) is 2.56. The van der Waals surface area contributed by atoms with Crippen LogP contribution < -0.4 is 10.6 Å². The Labute approximate surface area is 170 Å². The molecule has 0 spiro atoms. The molecule has 1 aliphatic rings. The summed E-state index contributed by atoms with van der Waals surface area (Å²) in [5, 5.41) is 0. The Bertz CT molecular complexity index is 816. The van der Waals surface area contributed by atoms with Crippen LogP contribution in [0.3, 0.4) is 0 Å². The SMILES string of the molecule is CCOC(=O)c1ccc(N2CCN(CC(N)C=Cc3ccc(F)cc3)CC2)nc1. The Kier molecular flexibility index (Phi) is 7.32. The molecule has 2 N–H and O–H groups in total. The van der Waals surface area contributed by atoms with Gasteiger partial charge in [0.1, 0.15) is 11.6 Å². The van der Waals surface area contributed by atoms with Crippen molar-refractivity contribution in [1.82, 2.24) is 9.88 Å². The fourth-order valence-electron chi connectivity index (χ4n) is 3.24. The summed E-state index contributed by atoms with van der Waals surface area (Å²) in [6.45, 7) is 6.37. The number of hydrogen-bond acceptors (Lipinski definition) is 6. The summed E-state index contributed by atoms with van der Waals surface area (Å²) in [7, 11) is 0. The predicted molar refractivity (Wildman–Crippen MR) is 112 cm³/mol. The van der Waals surface area contributed by atoms with E-state index in [9.17, 15) is 9.18 Å². The average molecular weight is 398 g/mol. The molecule has 3 rings (SSSR count). The van der Waals surface area contributed by atoms with Crippen LogP contribution in [0, 0.1) is 5.82 Å². The molecule has 1 aromatic carbocycles. The van der Waals surface area contributed by atoms with Crippen LogP contribution >= 0.6 is 0 Å². The second-order valence-corrected chi connectivity index (χ2v) is 6.99. The van der Waals surface area contributed by atoms with Crippen molar-refractivity contribution in [2.75, 3.05) is 44.2 Å². The molecule has 6 nitrogen and oxygen atoms in total. The van der Waals surface area contributed by atoms with Gasteiger partial charge in [-0.3, -0.25) is 4.90 Å². The molecule has 1 aliphatic heterocycles. The Morgan fingerprint density at radius 3 is 2.55 bits per heavy atom. The molecule has 154 valence electrons. The number of carbonyl (C=O) groups excluding carboxylic acids is 1. The Balaban J connectivity index is 1.46. The number of halogens is 1. The van der Waals surface area contributed by atoms with E-state index in [0.717, 1.165) is 44.1 Å². The topological polar surface area (TPSA) is 71.7 Å². The van der Waals surface area contributed by atoms with Crippen LogP contribution in [0.25, 0.3) is 6.08 Å². The molecule has 0 radical (unpaired) electrons. The van der Waals surface area contributed by atoms with Crippen molar-refractivity contribution < 1.29 is 13.9 Å². The second kappa shape index (κ2) is 10.1. The molecule has 1 fully saturated rings. The van der Waals surface area contributed by atoms with Gasteiger partial charge in [-0.05, 0) is 36.8 Å². The first-order valence-electron chi connectivity index (χ1n) is 9.85. The number of hydrogen-bond donors (Lipinski definition) is 1. The van der Waals surface area contributed by atoms with E-state index < -0.39 is 0 Å². The number of carbonyl (C=O) groups is 1. The molecule has 2 aromatic rings. The number of ether oxygens (including phenoxy) is 1. The lowest BCUT2D eigenvalue weighted by Gasteiger charge is -2.36. The number of aromatic nitrogens is 1. The van der Waals surface area contributed by atoms with E-state index in [4.69, 9.17) is 10.5 Å². The zero-order valence-corrected chi connectivity index (χ0v) is 16.6. The normalized spacial score (nSPS) is 16.2. The zero-order valence-electron chi connectivity index (χ0n) is 16.6. The van der Waals surface area contributed by atoms with Crippen LogP contribution in [0.4, 0.5) is 10.2 Å². The minimum Gasteiger partial charge on any atom is -0.462 e. The monoisotopic (exact) mass is 398 g/mol. The maximum atomic E-state index is 13.0. The number of piperazine rings is 1. The number of benzene rings is 1. The summed E-state index contributed by atoms with van der Waals surface area (Å²) in [6, 6.07) is 9.88. The van der Waals surface area contributed by atoms with Gasteiger partial charge in [0.2, 0.25) is 0 Å². The van der Waals surface area contributed by atoms with E-state index in [2.05, 4.69) is 14.8 Å². The van der Waals surface area contributed by atoms with Gasteiger partial charge in [0, 0.05) is 45.0 Å². The van der Waals surface area contributed by atoms with Gasteiger partial charge in [0.15, 0.2) is 0 Å². The second-order valence-electron chi connectivity index (χ2n) is 6.99. The quantitative estimate of drug-likeness (QED) is 0.723. The molecule has 2 heterocycles. The largest absolute Gasteiger partial charge is 0.462 e. The Morgan fingerprint density at radius 2 is 1.93 bits per heavy atom. The van der Waals surface area contributed by atoms with Crippen molar-refractivity contribution in [1.29, 1.82) is 0 Å². The first kappa shape index (κ1) is 21.0. The van der Waals surface area contributed by atoms with Gasteiger partial charge in [-0.25, -0.2) is 14.2 Å². The lowest BCUT2D eigenvalue weighted by atomic mass is 10.1. The third-order valence-corrected chi connectivity index (χ3v) is 4.83. The average Bonchev–Trinajstić information content (AvgIpc) is 2.74. The highest BCUT2D eigenvalue weighted by Crippen LogP contribution is 2.15. The van der Waals surface area contributed by atoms with Gasteiger partial charge in [-0.1, -0.05) is 24.3 Å². The number of nitrogens with zero attached hydrogens (tertiary/aromatic N) is 3. The van der Waals surface area contributed by atoms with E-state index in [-0.39, 0.29) is 17.8 Å². The summed E-state index contributed by atoms with van der Waals surface area (Å²) in [4.78, 5) is 20.6. The molecule has 0 bridgehead atoms. The molecule has 0 amide bonds. The van der Waals surface area contributed by atoms with Gasteiger partial charge in [-0.2, -0.15) is 0 Å². The fraction of sp³-hybridized carbons (Fsp3) is 0.364.